The fourth-order valence-corrected chi connectivity index (χ4v) is 4.77. The summed E-state index contributed by atoms with van der Waals surface area (Å²) in [6.07, 6.45) is 0. The standard InChI is InChI=1S/C20H18FN5OS2/c1-11-8-12(2)17-15(9-11)29-19(23-17)22-16(27)10-28-20-25-24-18(26(20)3)13-4-6-14(21)7-5-13/h4-9H,10H2,1-3H3,(H,22,23,27). The highest BCUT2D eigenvalue weighted by Gasteiger charge is 2.14. The number of amides is 1. The van der Waals surface area contributed by atoms with Gasteiger partial charge in [0.15, 0.2) is 16.1 Å². The van der Waals surface area contributed by atoms with Crippen LogP contribution in [0, 0.1) is 19.7 Å². The molecule has 0 radical (unpaired) electrons. The quantitative estimate of drug-likeness (QED) is 0.472. The number of aromatic nitrogens is 4. The lowest BCUT2D eigenvalue weighted by atomic mass is 10.1. The predicted molar refractivity (Wildman–Crippen MR) is 115 cm³/mol. The van der Waals surface area contributed by atoms with Crippen molar-refractivity contribution in [3.8, 4) is 11.4 Å². The highest BCUT2D eigenvalue weighted by molar-refractivity contribution is 7.99. The molecule has 2 heterocycles. The van der Waals surface area contributed by atoms with Gasteiger partial charge in [-0.3, -0.25) is 4.79 Å². The van der Waals surface area contributed by atoms with Crippen LogP contribution < -0.4 is 5.32 Å². The van der Waals surface area contributed by atoms with Gasteiger partial charge in [-0.25, -0.2) is 9.37 Å². The summed E-state index contributed by atoms with van der Waals surface area (Å²) in [6.45, 7) is 4.06. The maximum absolute atomic E-state index is 13.1. The van der Waals surface area contributed by atoms with Crippen molar-refractivity contribution in [2.45, 2.75) is 19.0 Å². The van der Waals surface area contributed by atoms with E-state index in [9.17, 15) is 9.18 Å². The highest BCUT2D eigenvalue weighted by Crippen LogP contribution is 2.29. The minimum absolute atomic E-state index is 0.158. The maximum atomic E-state index is 13.1. The second-order valence-electron chi connectivity index (χ2n) is 6.66. The van der Waals surface area contributed by atoms with E-state index in [0.717, 1.165) is 21.3 Å². The van der Waals surface area contributed by atoms with Crippen molar-refractivity contribution in [1.29, 1.82) is 0 Å². The number of nitrogens with zero attached hydrogens (tertiary/aromatic N) is 4. The van der Waals surface area contributed by atoms with Crippen LogP contribution in [0.15, 0.2) is 41.6 Å². The fraction of sp³-hybridized carbons (Fsp3) is 0.200. The number of thioether (sulfide) groups is 1. The number of anilines is 1. The van der Waals surface area contributed by atoms with E-state index < -0.39 is 0 Å². The van der Waals surface area contributed by atoms with Crippen LogP contribution in [0.25, 0.3) is 21.6 Å². The van der Waals surface area contributed by atoms with Gasteiger partial charge in [0.25, 0.3) is 0 Å². The van der Waals surface area contributed by atoms with Gasteiger partial charge in [-0.15, -0.1) is 10.2 Å². The highest BCUT2D eigenvalue weighted by atomic mass is 32.2. The van der Waals surface area contributed by atoms with Crippen LogP contribution in [0.4, 0.5) is 9.52 Å². The van der Waals surface area contributed by atoms with Crippen LogP contribution in [-0.4, -0.2) is 31.4 Å². The minimum atomic E-state index is -0.303. The Morgan fingerprint density at radius 1 is 1.21 bits per heavy atom. The van der Waals surface area contributed by atoms with Gasteiger partial charge in [0.1, 0.15) is 5.82 Å². The van der Waals surface area contributed by atoms with Crippen molar-refractivity contribution in [2.24, 2.45) is 7.05 Å². The van der Waals surface area contributed by atoms with Crippen LogP contribution >= 0.6 is 23.1 Å². The molecule has 6 nitrogen and oxygen atoms in total. The van der Waals surface area contributed by atoms with Crippen LogP contribution in [-0.2, 0) is 11.8 Å². The van der Waals surface area contributed by atoms with E-state index in [0.29, 0.717) is 16.1 Å². The fourth-order valence-electron chi connectivity index (χ4n) is 3.00. The first-order valence-electron chi connectivity index (χ1n) is 8.86. The molecule has 0 bridgehead atoms. The molecule has 0 unspecified atom stereocenters. The molecule has 2 aromatic heterocycles. The number of hydrogen-bond acceptors (Lipinski definition) is 6. The van der Waals surface area contributed by atoms with Crippen LogP contribution in [0.1, 0.15) is 11.1 Å². The molecule has 0 fully saturated rings. The number of benzene rings is 2. The lowest BCUT2D eigenvalue weighted by molar-refractivity contribution is -0.113. The summed E-state index contributed by atoms with van der Waals surface area (Å²) in [5.74, 6) is 0.339. The molecule has 148 valence electrons. The Balaban J connectivity index is 1.42. The monoisotopic (exact) mass is 427 g/mol. The van der Waals surface area contributed by atoms with Crippen LogP contribution in [0.3, 0.4) is 0 Å². The molecular formula is C20H18FN5OS2. The van der Waals surface area contributed by atoms with Gasteiger partial charge in [-0.2, -0.15) is 0 Å². The zero-order valence-electron chi connectivity index (χ0n) is 16.1. The molecule has 4 aromatic rings. The molecular weight excluding hydrogens is 409 g/mol. The molecule has 0 aliphatic heterocycles. The number of rotatable bonds is 5. The Kier molecular flexibility index (Phi) is 5.33. The summed E-state index contributed by atoms with van der Waals surface area (Å²) in [6, 6.07) is 10.2. The molecule has 0 saturated carbocycles. The molecule has 29 heavy (non-hydrogen) atoms. The predicted octanol–water partition coefficient (Wildman–Crippen LogP) is 4.58. The van der Waals surface area contributed by atoms with E-state index in [2.05, 4.69) is 32.6 Å². The van der Waals surface area contributed by atoms with E-state index in [-0.39, 0.29) is 17.5 Å². The largest absolute Gasteiger partial charge is 0.305 e. The topological polar surface area (TPSA) is 72.7 Å². The Labute approximate surface area is 175 Å². The number of halogens is 1. The molecule has 0 aliphatic carbocycles. The Morgan fingerprint density at radius 3 is 2.72 bits per heavy atom. The number of nitrogens with one attached hydrogen (secondary N) is 1. The molecule has 9 heteroatoms. The smallest absolute Gasteiger partial charge is 0.236 e. The molecule has 2 aromatic carbocycles. The van der Waals surface area contributed by atoms with Gasteiger partial charge in [0.2, 0.25) is 5.91 Å². The van der Waals surface area contributed by atoms with Crippen LogP contribution in [0.2, 0.25) is 0 Å². The summed E-state index contributed by atoms with van der Waals surface area (Å²) in [5, 5.41) is 12.3. The third-order valence-corrected chi connectivity index (χ3v) is 6.28. The summed E-state index contributed by atoms with van der Waals surface area (Å²) >= 11 is 2.75. The molecule has 0 atom stereocenters. The number of carbonyl (C=O) groups excluding carboxylic acids is 1. The molecule has 1 amide bonds. The molecule has 1 N–H and O–H groups in total. The average molecular weight is 428 g/mol. The van der Waals surface area contributed by atoms with Crippen molar-refractivity contribution in [1.82, 2.24) is 19.7 Å². The molecule has 0 spiro atoms. The normalized spacial score (nSPS) is 11.2. The van der Waals surface area contributed by atoms with Crippen molar-refractivity contribution in [2.75, 3.05) is 11.1 Å². The van der Waals surface area contributed by atoms with E-state index in [1.807, 2.05) is 20.9 Å². The Hall–Kier alpha value is -2.78. The van der Waals surface area contributed by atoms with Crippen molar-refractivity contribution >= 4 is 44.4 Å². The van der Waals surface area contributed by atoms with E-state index in [1.165, 1.54) is 40.8 Å². The van der Waals surface area contributed by atoms with Gasteiger partial charge in [0.05, 0.1) is 16.0 Å². The first-order valence-corrected chi connectivity index (χ1v) is 10.7. The zero-order chi connectivity index (χ0) is 20.5. The third-order valence-electron chi connectivity index (χ3n) is 4.35. The first kappa shape index (κ1) is 19.5. The Morgan fingerprint density at radius 2 is 1.97 bits per heavy atom. The maximum Gasteiger partial charge on any atom is 0.236 e. The number of thiazole rings is 1. The summed E-state index contributed by atoms with van der Waals surface area (Å²) in [4.78, 5) is 16.9. The lowest BCUT2D eigenvalue weighted by Gasteiger charge is -2.04. The second kappa shape index (κ2) is 7.92. The average Bonchev–Trinajstić information content (AvgIpc) is 3.24. The first-order chi connectivity index (χ1) is 13.9. The third kappa shape index (κ3) is 4.15. The number of hydrogen-bond donors (Lipinski definition) is 1. The van der Waals surface area contributed by atoms with Gasteiger partial charge < -0.3 is 9.88 Å². The number of aryl methyl sites for hydroxylation is 2. The number of fused-ring (bicyclic) bond motifs is 1. The Bertz CT molecular complexity index is 1200. The van der Waals surface area contributed by atoms with Crippen LogP contribution in [0.5, 0.6) is 0 Å². The van der Waals surface area contributed by atoms with Crippen molar-refractivity contribution < 1.29 is 9.18 Å². The van der Waals surface area contributed by atoms with Gasteiger partial charge in [0, 0.05) is 12.6 Å². The SMILES string of the molecule is Cc1cc(C)c2nc(NC(=O)CSc3nnc(-c4ccc(F)cc4)n3C)sc2c1. The molecule has 4 rings (SSSR count). The second-order valence-corrected chi connectivity index (χ2v) is 8.63. The summed E-state index contributed by atoms with van der Waals surface area (Å²) in [5.41, 5.74) is 3.95. The zero-order valence-corrected chi connectivity index (χ0v) is 17.7. The van der Waals surface area contributed by atoms with E-state index in [1.54, 1.807) is 16.7 Å². The lowest BCUT2D eigenvalue weighted by Crippen LogP contribution is -2.14. The summed E-state index contributed by atoms with van der Waals surface area (Å²) < 4.78 is 16.0. The van der Waals surface area contributed by atoms with E-state index in [4.69, 9.17) is 0 Å². The molecule has 0 saturated heterocycles. The van der Waals surface area contributed by atoms with Crippen molar-refractivity contribution in [3.63, 3.8) is 0 Å². The summed E-state index contributed by atoms with van der Waals surface area (Å²) in [7, 11) is 1.82. The van der Waals surface area contributed by atoms with Gasteiger partial charge in [-0.1, -0.05) is 29.2 Å². The minimum Gasteiger partial charge on any atom is -0.305 e. The van der Waals surface area contributed by atoms with E-state index >= 15 is 0 Å². The van der Waals surface area contributed by atoms with Gasteiger partial charge >= 0.3 is 0 Å². The van der Waals surface area contributed by atoms with Crippen molar-refractivity contribution in [3.05, 3.63) is 53.3 Å². The molecule has 0 aliphatic rings. The number of carbonyl (C=O) groups is 1. The van der Waals surface area contributed by atoms with Gasteiger partial charge in [-0.05, 0) is 55.3 Å².